The van der Waals surface area contributed by atoms with E-state index in [1.165, 1.54) is 17.1 Å². The topological polar surface area (TPSA) is 109 Å². The minimum absolute atomic E-state index is 0.0604. The number of fused-ring (bicyclic) bond motifs is 1. The highest BCUT2D eigenvalue weighted by Crippen LogP contribution is 2.34. The molecule has 1 aliphatic heterocycles. The van der Waals surface area contributed by atoms with Crippen LogP contribution in [0.3, 0.4) is 0 Å². The van der Waals surface area contributed by atoms with Crippen LogP contribution in [0.15, 0.2) is 54.9 Å². The van der Waals surface area contributed by atoms with Crippen molar-refractivity contribution in [2.24, 2.45) is 0 Å². The quantitative estimate of drug-likeness (QED) is 0.549. The number of ether oxygens (including phenoxy) is 2. The summed E-state index contributed by atoms with van der Waals surface area (Å²) in [5.74, 6) is 0.989. The third-order valence-corrected chi connectivity index (χ3v) is 4.02. The van der Waals surface area contributed by atoms with E-state index in [0.29, 0.717) is 29.3 Å². The number of carbonyl (C=O) groups excluding carboxylic acids is 1. The summed E-state index contributed by atoms with van der Waals surface area (Å²) in [4.78, 5) is 22.6. The van der Waals surface area contributed by atoms with Gasteiger partial charge in [0.25, 0.3) is 5.91 Å². The van der Waals surface area contributed by atoms with Crippen molar-refractivity contribution in [1.29, 1.82) is 0 Å². The lowest BCUT2D eigenvalue weighted by Gasteiger charge is -2.07. The summed E-state index contributed by atoms with van der Waals surface area (Å²) in [6.07, 6.45) is 2.56. The highest BCUT2D eigenvalue weighted by atomic mass is 16.7. The van der Waals surface area contributed by atoms with Crippen molar-refractivity contribution in [2.45, 2.75) is 6.54 Å². The van der Waals surface area contributed by atoms with E-state index in [1.807, 2.05) is 0 Å². The van der Waals surface area contributed by atoms with Crippen LogP contribution in [0.1, 0.15) is 15.9 Å². The Labute approximate surface area is 153 Å². The molecule has 0 saturated carbocycles. The van der Waals surface area contributed by atoms with Gasteiger partial charge in [-0.25, -0.2) is 0 Å². The summed E-state index contributed by atoms with van der Waals surface area (Å²) in [5.41, 5.74) is 1.90. The molecule has 0 fully saturated rings. The van der Waals surface area contributed by atoms with Crippen molar-refractivity contribution >= 4 is 17.3 Å². The van der Waals surface area contributed by atoms with E-state index in [4.69, 9.17) is 9.47 Å². The van der Waals surface area contributed by atoms with Crippen molar-refractivity contribution in [3.8, 4) is 11.5 Å². The molecule has 9 nitrogen and oxygen atoms in total. The van der Waals surface area contributed by atoms with Crippen LogP contribution in [0, 0.1) is 10.1 Å². The van der Waals surface area contributed by atoms with Crippen LogP contribution in [-0.2, 0) is 6.54 Å². The van der Waals surface area contributed by atoms with Gasteiger partial charge < -0.3 is 14.8 Å². The molecule has 0 saturated heterocycles. The summed E-state index contributed by atoms with van der Waals surface area (Å²) in [7, 11) is 0. The van der Waals surface area contributed by atoms with Gasteiger partial charge in [0.2, 0.25) is 6.79 Å². The van der Waals surface area contributed by atoms with Crippen LogP contribution >= 0.6 is 0 Å². The first-order chi connectivity index (χ1) is 13.1. The Bertz CT molecular complexity index is 1010. The minimum Gasteiger partial charge on any atom is -0.454 e. The maximum Gasteiger partial charge on any atom is 0.307 e. The largest absolute Gasteiger partial charge is 0.454 e. The summed E-state index contributed by atoms with van der Waals surface area (Å²) < 4.78 is 12.0. The standard InChI is InChI=1S/C18H14N4O5/c23-18(20-14-5-6-16-17(7-14)27-11-26-16)13-3-1-12(2-4-13)9-21-10-15(8-19-21)22(24)25/h1-8,10H,9,11H2,(H,20,23). The number of carbonyl (C=O) groups is 1. The molecule has 1 N–H and O–H groups in total. The fourth-order valence-corrected chi connectivity index (χ4v) is 2.66. The molecule has 27 heavy (non-hydrogen) atoms. The van der Waals surface area contributed by atoms with Gasteiger partial charge in [-0.05, 0) is 29.8 Å². The number of nitro groups is 1. The molecular formula is C18H14N4O5. The predicted molar refractivity (Wildman–Crippen MR) is 94.9 cm³/mol. The van der Waals surface area contributed by atoms with Crippen molar-refractivity contribution in [3.05, 3.63) is 76.1 Å². The van der Waals surface area contributed by atoms with Gasteiger partial charge in [-0.3, -0.25) is 19.6 Å². The van der Waals surface area contributed by atoms with Gasteiger partial charge in [0.15, 0.2) is 11.5 Å². The number of nitrogens with one attached hydrogen (secondary N) is 1. The smallest absolute Gasteiger partial charge is 0.307 e. The Morgan fingerprint density at radius 1 is 1.19 bits per heavy atom. The molecule has 0 bridgehead atoms. The molecular weight excluding hydrogens is 352 g/mol. The highest BCUT2D eigenvalue weighted by molar-refractivity contribution is 6.04. The Morgan fingerprint density at radius 2 is 1.96 bits per heavy atom. The molecule has 4 rings (SSSR count). The number of anilines is 1. The molecule has 1 aliphatic rings. The number of nitrogens with zero attached hydrogens (tertiary/aromatic N) is 3. The molecule has 2 aromatic carbocycles. The van der Waals surface area contributed by atoms with E-state index >= 15 is 0 Å². The first kappa shape index (κ1) is 16.6. The third kappa shape index (κ3) is 3.56. The second-order valence-corrected chi connectivity index (χ2v) is 5.87. The van der Waals surface area contributed by atoms with Gasteiger partial charge in [-0.2, -0.15) is 5.10 Å². The van der Waals surface area contributed by atoms with Crippen molar-refractivity contribution in [3.63, 3.8) is 0 Å². The lowest BCUT2D eigenvalue weighted by atomic mass is 10.1. The summed E-state index contributed by atoms with van der Waals surface area (Å²) in [5, 5.41) is 17.4. The molecule has 1 amide bonds. The predicted octanol–water partition coefficient (Wildman–Crippen LogP) is 2.82. The monoisotopic (exact) mass is 366 g/mol. The fourth-order valence-electron chi connectivity index (χ4n) is 2.66. The number of hydrogen-bond donors (Lipinski definition) is 1. The van der Waals surface area contributed by atoms with Crippen LogP contribution in [0.25, 0.3) is 0 Å². The number of benzene rings is 2. The van der Waals surface area contributed by atoms with E-state index in [0.717, 1.165) is 5.56 Å². The van der Waals surface area contributed by atoms with Gasteiger partial charge in [0.1, 0.15) is 12.4 Å². The van der Waals surface area contributed by atoms with Crippen molar-refractivity contribution < 1.29 is 19.2 Å². The molecule has 1 aromatic heterocycles. The number of hydrogen-bond acceptors (Lipinski definition) is 6. The zero-order valence-electron chi connectivity index (χ0n) is 14.0. The van der Waals surface area contributed by atoms with E-state index < -0.39 is 4.92 Å². The lowest BCUT2D eigenvalue weighted by Crippen LogP contribution is -2.12. The molecule has 9 heteroatoms. The second kappa shape index (κ2) is 6.79. The van der Waals surface area contributed by atoms with Crippen LogP contribution < -0.4 is 14.8 Å². The first-order valence-electron chi connectivity index (χ1n) is 8.05. The van der Waals surface area contributed by atoms with E-state index in [9.17, 15) is 14.9 Å². The fraction of sp³-hybridized carbons (Fsp3) is 0.111. The second-order valence-electron chi connectivity index (χ2n) is 5.87. The Kier molecular flexibility index (Phi) is 4.17. The molecule has 136 valence electrons. The highest BCUT2D eigenvalue weighted by Gasteiger charge is 2.15. The maximum atomic E-state index is 12.4. The maximum absolute atomic E-state index is 12.4. The SMILES string of the molecule is O=C(Nc1ccc2c(c1)OCO2)c1ccc(Cn2cc([N+](=O)[O-])cn2)cc1. The summed E-state index contributed by atoms with van der Waals surface area (Å²) in [6.45, 7) is 0.547. The zero-order valence-corrected chi connectivity index (χ0v) is 14.0. The van der Waals surface area contributed by atoms with E-state index in [1.54, 1.807) is 42.5 Å². The normalized spacial score (nSPS) is 12.0. The van der Waals surface area contributed by atoms with Gasteiger partial charge in [0, 0.05) is 17.3 Å². The number of amides is 1. The van der Waals surface area contributed by atoms with Gasteiger partial charge in [-0.1, -0.05) is 12.1 Å². The molecule has 0 atom stereocenters. The Morgan fingerprint density at radius 3 is 2.70 bits per heavy atom. The first-order valence-corrected chi connectivity index (χ1v) is 8.05. The average molecular weight is 366 g/mol. The van der Waals surface area contributed by atoms with Crippen molar-refractivity contribution in [2.75, 3.05) is 12.1 Å². The van der Waals surface area contributed by atoms with Crippen LogP contribution in [-0.4, -0.2) is 27.4 Å². The van der Waals surface area contributed by atoms with Gasteiger partial charge >= 0.3 is 5.69 Å². The average Bonchev–Trinajstić information content (AvgIpc) is 3.31. The molecule has 0 unspecified atom stereocenters. The summed E-state index contributed by atoms with van der Waals surface area (Å²) >= 11 is 0. The molecule has 0 aliphatic carbocycles. The Balaban J connectivity index is 1.42. The number of aromatic nitrogens is 2. The van der Waals surface area contributed by atoms with E-state index in [-0.39, 0.29) is 18.4 Å². The van der Waals surface area contributed by atoms with Crippen molar-refractivity contribution in [1.82, 2.24) is 9.78 Å². The lowest BCUT2D eigenvalue weighted by molar-refractivity contribution is -0.385. The minimum atomic E-state index is -0.493. The van der Waals surface area contributed by atoms with Gasteiger partial charge in [0.05, 0.1) is 11.5 Å². The molecule has 0 radical (unpaired) electrons. The van der Waals surface area contributed by atoms with E-state index in [2.05, 4.69) is 10.4 Å². The molecule has 3 aromatic rings. The van der Waals surface area contributed by atoms with Crippen LogP contribution in [0.5, 0.6) is 11.5 Å². The molecule has 0 spiro atoms. The third-order valence-electron chi connectivity index (χ3n) is 4.02. The van der Waals surface area contributed by atoms with Crippen LogP contribution in [0.2, 0.25) is 0 Å². The number of rotatable bonds is 5. The van der Waals surface area contributed by atoms with Crippen LogP contribution in [0.4, 0.5) is 11.4 Å². The Hall–Kier alpha value is -3.88. The molecule has 2 heterocycles. The summed E-state index contributed by atoms with van der Waals surface area (Å²) in [6, 6.07) is 12.1. The zero-order chi connectivity index (χ0) is 18.8. The van der Waals surface area contributed by atoms with Gasteiger partial charge in [-0.15, -0.1) is 0 Å².